The second kappa shape index (κ2) is 18.2. The van der Waals surface area contributed by atoms with E-state index in [1.807, 2.05) is 25.2 Å². The van der Waals surface area contributed by atoms with E-state index in [2.05, 4.69) is 17.1 Å². The number of hydrogen-bond acceptors (Lipinski definition) is 14. The molecule has 0 unspecified atom stereocenters. The lowest BCUT2D eigenvalue weighted by Crippen LogP contribution is -2.46. The SMILES string of the molecule is CCCN(C)c1ccc2nc3c4c5c6c(C)c(O)c4c(=O)c(c-3sc2c1)NC(=O)/C(C)=C\C=C\[C@H](C)[C@H](O)[C@@H](C)[C@@H](O)[C@@H](C)[C@H](OC(C)=O)[C@H](C)[C@@H](OC)/C=C/O[C@@](C)(O6)C5=O. The number of nitrogens with one attached hydrogen (secondary N) is 1. The molecule has 332 valence electrons. The number of amides is 1. The highest BCUT2D eigenvalue weighted by Gasteiger charge is 2.50. The first kappa shape index (κ1) is 46.2. The number of fused-ring (bicyclic) bond motifs is 14. The summed E-state index contributed by atoms with van der Waals surface area (Å²) in [6, 6.07) is 5.74. The molecule has 0 radical (unpaired) electrons. The van der Waals surface area contributed by atoms with Crippen LogP contribution in [-0.4, -0.2) is 88.9 Å². The Labute approximate surface area is 365 Å². The molecule has 14 nitrogen and oxygen atoms in total. The fraction of sp³-hybridized carbons (Fsp3) is 0.468. The molecule has 1 amide bonds. The molecule has 4 aliphatic heterocycles. The summed E-state index contributed by atoms with van der Waals surface area (Å²) in [6.07, 6.45) is 4.75. The van der Waals surface area contributed by atoms with Gasteiger partial charge in [0.2, 0.25) is 5.43 Å². The van der Waals surface area contributed by atoms with Gasteiger partial charge in [-0.2, -0.15) is 0 Å². The first-order valence-electron chi connectivity index (χ1n) is 20.9. The van der Waals surface area contributed by atoms with Gasteiger partial charge in [-0.05, 0) is 44.5 Å². The number of ether oxygens (including phenoxy) is 4. The number of carbonyl (C=O) groups excluding carboxylic acids is 3. The third-order valence-electron chi connectivity index (χ3n) is 12.3. The van der Waals surface area contributed by atoms with Crippen LogP contribution in [0.25, 0.3) is 31.6 Å². The molecule has 15 heteroatoms. The van der Waals surface area contributed by atoms with Crippen molar-refractivity contribution in [2.75, 3.05) is 30.9 Å². The van der Waals surface area contributed by atoms with E-state index in [9.17, 15) is 34.5 Å². The molecule has 5 bridgehead atoms. The zero-order valence-electron chi connectivity index (χ0n) is 37.1. The van der Waals surface area contributed by atoms with Gasteiger partial charge >= 0.3 is 11.8 Å². The van der Waals surface area contributed by atoms with Crippen LogP contribution in [0.1, 0.15) is 77.7 Å². The van der Waals surface area contributed by atoms with E-state index >= 15 is 0 Å². The summed E-state index contributed by atoms with van der Waals surface area (Å²) in [7, 11) is 3.44. The third-order valence-corrected chi connectivity index (χ3v) is 13.5. The van der Waals surface area contributed by atoms with Gasteiger partial charge in [0.1, 0.15) is 23.3 Å². The van der Waals surface area contributed by atoms with E-state index in [1.165, 1.54) is 51.6 Å². The lowest BCUT2D eigenvalue weighted by Gasteiger charge is -2.38. The van der Waals surface area contributed by atoms with Crippen molar-refractivity contribution in [1.29, 1.82) is 0 Å². The molecule has 4 heterocycles. The number of esters is 1. The number of aromatic hydroxyl groups is 1. The van der Waals surface area contributed by atoms with Crippen molar-refractivity contribution in [2.24, 2.45) is 23.7 Å². The first-order valence-corrected chi connectivity index (χ1v) is 21.7. The maximum atomic E-state index is 14.8. The summed E-state index contributed by atoms with van der Waals surface area (Å²) in [6.45, 7) is 15.7. The molecule has 7 rings (SSSR count). The smallest absolute Gasteiger partial charge is 0.312 e. The monoisotopic (exact) mass is 871 g/mol. The molecule has 9 atom stereocenters. The fourth-order valence-corrected chi connectivity index (χ4v) is 9.60. The van der Waals surface area contributed by atoms with Crippen LogP contribution in [0, 0.1) is 30.6 Å². The highest BCUT2D eigenvalue weighted by atomic mass is 32.1. The van der Waals surface area contributed by atoms with Crippen LogP contribution in [-0.2, 0) is 23.8 Å². The molecule has 4 N–H and O–H groups in total. The summed E-state index contributed by atoms with van der Waals surface area (Å²) < 4.78 is 24.7. The number of ketones is 1. The van der Waals surface area contributed by atoms with E-state index in [0.717, 1.165) is 18.7 Å². The number of methoxy groups -OCH3 is 1. The van der Waals surface area contributed by atoms with Gasteiger partial charge in [-0.25, -0.2) is 4.98 Å². The Kier molecular flexibility index (Phi) is 13.5. The number of phenolic OH excluding ortho intramolecular Hbond substituents is 1. The van der Waals surface area contributed by atoms with Crippen LogP contribution in [0.3, 0.4) is 0 Å². The summed E-state index contributed by atoms with van der Waals surface area (Å²) in [5, 5.41) is 37.4. The number of allylic oxidation sites excluding steroid dienone is 2. The zero-order chi connectivity index (χ0) is 45.5. The predicted octanol–water partition coefficient (Wildman–Crippen LogP) is 7.26. The van der Waals surface area contributed by atoms with Crippen LogP contribution < -0.4 is 20.4 Å². The van der Waals surface area contributed by atoms with Gasteiger partial charge in [-0.3, -0.25) is 19.2 Å². The van der Waals surface area contributed by atoms with Gasteiger partial charge in [-0.1, -0.05) is 52.8 Å². The second-order valence-electron chi connectivity index (χ2n) is 16.8. The number of Topliss-reactive ketones (excluding diaryl/α,β-unsaturated/α-hetero) is 1. The number of anilines is 2. The number of aliphatic hydroxyl groups is 2. The van der Waals surface area contributed by atoms with E-state index in [0.29, 0.717) is 10.2 Å². The minimum absolute atomic E-state index is 0.00726. The number of aromatic nitrogens is 1. The Morgan fingerprint density at radius 2 is 1.74 bits per heavy atom. The number of nitrogens with zero attached hydrogens (tertiary/aromatic N) is 2. The maximum Gasteiger partial charge on any atom is 0.312 e. The first-order chi connectivity index (χ1) is 29.3. The van der Waals surface area contributed by atoms with Crippen LogP contribution in [0.2, 0.25) is 0 Å². The average Bonchev–Trinajstić information content (AvgIpc) is 3.50. The molecule has 0 aromatic heterocycles. The number of carbonyl (C=O) groups is 3. The van der Waals surface area contributed by atoms with Gasteiger partial charge in [-0.15, -0.1) is 11.3 Å². The Morgan fingerprint density at radius 1 is 1.03 bits per heavy atom. The van der Waals surface area contributed by atoms with Crippen LogP contribution >= 0.6 is 11.3 Å². The molecule has 2 aromatic carbocycles. The molecular weight excluding hydrogens is 815 g/mol. The Balaban J connectivity index is 1.60. The largest absolute Gasteiger partial charge is 0.507 e. The fourth-order valence-electron chi connectivity index (χ4n) is 8.49. The second-order valence-corrected chi connectivity index (χ2v) is 17.9. The maximum absolute atomic E-state index is 14.8. The number of benzene rings is 3. The minimum Gasteiger partial charge on any atom is -0.507 e. The zero-order valence-corrected chi connectivity index (χ0v) is 37.9. The standard InChI is InChI=1S/C47H57N3O11S/c1-12-19-50(10)29-16-17-30-32(21-29)62-44-36(48-30)33-34-40(54)27(7)43-35(33)45(56)47(9,61-43)59-20-18-31(58-11)24(4)42(60-28(8)51)26(6)39(53)25(5)38(52)22(2)14-13-15-23(3)46(57)49-37(44)41(34)55/h13-18,20-22,24-26,31,38-39,42,52-54H,12,19H2,1-11H3,(H,49,57)/b14-13+,20-18+,23-15-/t22-,24+,25+,26+,31-,38-,39+,42+,47-/m0/s1. The van der Waals surface area contributed by atoms with Gasteiger partial charge in [0.05, 0.1) is 56.3 Å². The van der Waals surface area contributed by atoms with E-state index in [-0.39, 0.29) is 49.5 Å². The predicted molar refractivity (Wildman–Crippen MR) is 240 cm³/mol. The van der Waals surface area contributed by atoms with Crippen molar-refractivity contribution in [1.82, 2.24) is 4.98 Å². The highest BCUT2D eigenvalue weighted by molar-refractivity contribution is 7.22. The molecule has 0 fully saturated rings. The van der Waals surface area contributed by atoms with Crippen molar-refractivity contribution in [2.45, 2.75) is 98.9 Å². The summed E-state index contributed by atoms with van der Waals surface area (Å²) in [4.78, 5) is 63.2. The topological polar surface area (TPSA) is 194 Å². The van der Waals surface area contributed by atoms with E-state index < -0.39 is 82.7 Å². The summed E-state index contributed by atoms with van der Waals surface area (Å²) in [5.74, 6) is -6.68. The van der Waals surface area contributed by atoms with E-state index in [1.54, 1.807) is 52.8 Å². The minimum atomic E-state index is -1.99. The lowest BCUT2D eigenvalue weighted by molar-refractivity contribution is -0.160. The van der Waals surface area contributed by atoms with Gasteiger partial charge in [0.15, 0.2) is 0 Å². The van der Waals surface area contributed by atoms with Crippen molar-refractivity contribution in [3.05, 3.63) is 75.7 Å². The molecular formula is C47H57N3O11S. The van der Waals surface area contributed by atoms with Crippen LogP contribution in [0.15, 0.2) is 59.1 Å². The molecule has 0 saturated heterocycles. The Bertz CT molecular complexity index is 2530. The average molecular weight is 872 g/mol. The van der Waals surface area contributed by atoms with Gasteiger partial charge in [0, 0.05) is 80.4 Å². The molecule has 5 aliphatic rings. The highest BCUT2D eigenvalue weighted by Crippen LogP contribution is 2.51. The normalized spacial score (nSPS) is 29.2. The summed E-state index contributed by atoms with van der Waals surface area (Å²) in [5.41, 5.74) is 1.15. The Morgan fingerprint density at radius 3 is 2.40 bits per heavy atom. The van der Waals surface area contributed by atoms with Crippen molar-refractivity contribution >= 4 is 61.4 Å². The van der Waals surface area contributed by atoms with Crippen LogP contribution in [0.4, 0.5) is 11.4 Å². The number of rotatable bonds is 5. The molecule has 1 aliphatic carbocycles. The van der Waals surface area contributed by atoms with Crippen LogP contribution in [0.5, 0.6) is 11.5 Å². The lowest BCUT2D eigenvalue weighted by atomic mass is 9.78. The Hall–Kier alpha value is -5.35. The third kappa shape index (κ3) is 8.42. The number of phenols is 1. The molecule has 2 aromatic rings. The molecule has 0 spiro atoms. The van der Waals surface area contributed by atoms with Crippen molar-refractivity contribution < 1.29 is 48.7 Å². The molecule has 62 heavy (non-hydrogen) atoms. The van der Waals surface area contributed by atoms with Crippen molar-refractivity contribution in [3.8, 4) is 22.1 Å². The summed E-state index contributed by atoms with van der Waals surface area (Å²) >= 11 is 1.22. The molecule has 0 saturated carbocycles. The van der Waals surface area contributed by atoms with Gasteiger partial charge < -0.3 is 44.5 Å². The number of aliphatic hydroxyl groups excluding tert-OH is 2. The van der Waals surface area contributed by atoms with E-state index in [4.69, 9.17) is 23.9 Å². The van der Waals surface area contributed by atoms with Gasteiger partial charge in [0.25, 0.3) is 11.7 Å². The quantitative estimate of drug-likeness (QED) is 0.0890. The van der Waals surface area contributed by atoms with Crippen molar-refractivity contribution in [3.63, 3.8) is 0 Å². The number of hydrogen-bond donors (Lipinski definition) is 4.